The quantitative estimate of drug-likeness (QED) is 0.545. The SMILES string of the molecule is C#CCOc1ccccc1CNCCC(O)CC. The number of aliphatic hydroxyl groups excluding tert-OH is 1. The summed E-state index contributed by atoms with van der Waals surface area (Å²) in [5, 5.41) is 12.7. The fourth-order valence-corrected chi connectivity index (χ4v) is 1.61. The molecule has 1 rings (SSSR count). The molecule has 0 aliphatic rings. The molecule has 0 saturated carbocycles. The van der Waals surface area contributed by atoms with E-state index in [1.54, 1.807) is 0 Å². The van der Waals surface area contributed by atoms with Crippen LogP contribution in [0.2, 0.25) is 0 Å². The second kappa shape index (κ2) is 8.57. The zero-order chi connectivity index (χ0) is 13.2. The van der Waals surface area contributed by atoms with Gasteiger partial charge >= 0.3 is 0 Å². The summed E-state index contributed by atoms with van der Waals surface area (Å²) in [6, 6.07) is 7.82. The first-order valence-electron chi connectivity index (χ1n) is 6.30. The highest BCUT2D eigenvalue weighted by atomic mass is 16.5. The normalized spacial score (nSPS) is 11.8. The average molecular weight is 247 g/mol. The van der Waals surface area contributed by atoms with Gasteiger partial charge in [-0.25, -0.2) is 0 Å². The van der Waals surface area contributed by atoms with Crippen molar-refractivity contribution in [2.24, 2.45) is 0 Å². The van der Waals surface area contributed by atoms with E-state index in [0.29, 0.717) is 0 Å². The molecule has 0 amide bonds. The van der Waals surface area contributed by atoms with Gasteiger partial charge in [0.25, 0.3) is 0 Å². The fourth-order valence-electron chi connectivity index (χ4n) is 1.61. The molecule has 0 fully saturated rings. The van der Waals surface area contributed by atoms with Crippen LogP contribution in [-0.4, -0.2) is 24.4 Å². The lowest BCUT2D eigenvalue weighted by atomic mass is 10.2. The number of aliphatic hydroxyl groups is 1. The van der Waals surface area contributed by atoms with Crippen LogP contribution < -0.4 is 10.1 Å². The molecule has 18 heavy (non-hydrogen) atoms. The maximum absolute atomic E-state index is 9.44. The number of rotatable bonds is 8. The molecular formula is C15H21NO2. The Bertz CT molecular complexity index is 384. The van der Waals surface area contributed by atoms with Gasteiger partial charge in [0.1, 0.15) is 12.4 Å². The van der Waals surface area contributed by atoms with Crippen LogP contribution >= 0.6 is 0 Å². The van der Waals surface area contributed by atoms with Gasteiger partial charge in [0.05, 0.1) is 6.10 Å². The van der Waals surface area contributed by atoms with Crippen LogP contribution in [0.1, 0.15) is 25.3 Å². The van der Waals surface area contributed by atoms with Crippen molar-refractivity contribution in [3.05, 3.63) is 29.8 Å². The monoisotopic (exact) mass is 247 g/mol. The molecule has 0 aliphatic heterocycles. The van der Waals surface area contributed by atoms with Crippen molar-refractivity contribution in [1.82, 2.24) is 5.32 Å². The number of benzene rings is 1. The molecule has 0 radical (unpaired) electrons. The number of terminal acetylenes is 1. The molecule has 0 heterocycles. The van der Waals surface area contributed by atoms with Gasteiger partial charge in [0, 0.05) is 12.1 Å². The minimum Gasteiger partial charge on any atom is -0.481 e. The number of hydrogen-bond acceptors (Lipinski definition) is 3. The average Bonchev–Trinajstić information content (AvgIpc) is 2.42. The first-order chi connectivity index (χ1) is 8.77. The summed E-state index contributed by atoms with van der Waals surface area (Å²) in [5.41, 5.74) is 1.08. The van der Waals surface area contributed by atoms with Crippen LogP contribution in [0.15, 0.2) is 24.3 Å². The first kappa shape index (κ1) is 14.6. The first-order valence-corrected chi connectivity index (χ1v) is 6.30. The summed E-state index contributed by atoms with van der Waals surface area (Å²) < 4.78 is 5.46. The molecule has 1 atom stereocenters. The smallest absolute Gasteiger partial charge is 0.148 e. The Labute approximate surface area is 109 Å². The van der Waals surface area contributed by atoms with E-state index in [4.69, 9.17) is 11.2 Å². The highest BCUT2D eigenvalue weighted by molar-refractivity contribution is 5.33. The summed E-state index contributed by atoms with van der Waals surface area (Å²) in [6.45, 7) is 3.77. The topological polar surface area (TPSA) is 41.5 Å². The number of hydrogen-bond donors (Lipinski definition) is 2. The molecule has 1 aromatic carbocycles. The summed E-state index contributed by atoms with van der Waals surface area (Å²) in [4.78, 5) is 0. The van der Waals surface area contributed by atoms with E-state index < -0.39 is 0 Å². The van der Waals surface area contributed by atoms with Gasteiger partial charge in [-0.2, -0.15) is 0 Å². The van der Waals surface area contributed by atoms with E-state index in [1.165, 1.54) is 0 Å². The van der Waals surface area contributed by atoms with Crippen molar-refractivity contribution in [2.45, 2.75) is 32.4 Å². The van der Waals surface area contributed by atoms with Crippen LogP contribution in [0, 0.1) is 12.3 Å². The van der Waals surface area contributed by atoms with Crippen LogP contribution in [0.4, 0.5) is 0 Å². The number of para-hydroxylation sites is 1. The Balaban J connectivity index is 2.39. The molecule has 0 spiro atoms. The predicted octanol–water partition coefficient (Wildman–Crippen LogP) is 1.95. The third kappa shape index (κ3) is 5.22. The van der Waals surface area contributed by atoms with E-state index in [0.717, 1.165) is 37.2 Å². The Morgan fingerprint density at radius 1 is 1.44 bits per heavy atom. The predicted molar refractivity (Wildman–Crippen MR) is 73.4 cm³/mol. The number of nitrogens with one attached hydrogen (secondary N) is 1. The standard InChI is InChI=1S/C15H21NO2/c1-3-11-18-15-8-6-5-7-13(15)12-16-10-9-14(17)4-2/h1,5-8,14,16-17H,4,9-12H2,2H3. The lowest BCUT2D eigenvalue weighted by Gasteiger charge is -2.11. The third-order valence-corrected chi connectivity index (χ3v) is 2.72. The molecule has 0 saturated heterocycles. The molecule has 1 unspecified atom stereocenters. The summed E-state index contributed by atoms with van der Waals surface area (Å²) >= 11 is 0. The summed E-state index contributed by atoms with van der Waals surface area (Å²) in [5.74, 6) is 3.28. The lowest BCUT2D eigenvalue weighted by Crippen LogP contribution is -2.20. The van der Waals surface area contributed by atoms with Gasteiger partial charge in [0.15, 0.2) is 0 Å². The zero-order valence-electron chi connectivity index (χ0n) is 10.9. The fraction of sp³-hybridized carbons (Fsp3) is 0.467. The zero-order valence-corrected chi connectivity index (χ0v) is 10.9. The summed E-state index contributed by atoms with van der Waals surface area (Å²) in [7, 11) is 0. The molecule has 3 nitrogen and oxygen atoms in total. The second-order valence-electron chi connectivity index (χ2n) is 4.13. The van der Waals surface area contributed by atoms with Crippen LogP contribution in [0.3, 0.4) is 0 Å². The van der Waals surface area contributed by atoms with Crippen molar-refractivity contribution in [1.29, 1.82) is 0 Å². The van der Waals surface area contributed by atoms with Crippen molar-refractivity contribution in [3.63, 3.8) is 0 Å². The molecule has 98 valence electrons. The van der Waals surface area contributed by atoms with E-state index in [2.05, 4.69) is 11.2 Å². The highest BCUT2D eigenvalue weighted by Crippen LogP contribution is 2.17. The Kier molecular flexibility index (Phi) is 6.93. The molecule has 0 bridgehead atoms. The Morgan fingerprint density at radius 3 is 2.94 bits per heavy atom. The van der Waals surface area contributed by atoms with Crippen molar-refractivity contribution >= 4 is 0 Å². The highest BCUT2D eigenvalue weighted by Gasteiger charge is 2.03. The van der Waals surface area contributed by atoms with E-state index >= 15 is 0 Å². The molecule has 1 aromatic rings. The van der Waals surface area contributed by atoms with E-state index in [1.807, 2.05) is 31.2 Å². The van der Waals surface area contributed by atoms with Crippen LogP contribution in [0.25, 0.3) is 0 Å². The molecular weight excluding hydrogens is 226 g/mol. The minimum absolute atomic E-state index is 0.217. The lowest BCUT2D eigenvalue weighted by molar-refractivity contribution is 0.159. The molecule has 0 aliphatic carbocycles. The van der Waals surface area contributed by atoms with Crippen molar-refractivity contribution < 1.29 is 9.84 Å². The minimum atomic E-state index is -0.217. The van der Waals surface area contributed by atoms with Gasteiger partial charge < -0.3 is 15.2 Å². The maximum atomic E-state index is 9.44. The van der Waals surface area contributed by atoms with Gasteiger partial charge in [-0.15, -0.1) is 6.42 Å². The molecule has 0 aromatic heterocycles. The van der Waals surface area contributed by atoms with E-state index in [9.17, 15) is 5.11 Å². The Hall–Kier alpha value is -1.50. The van der Waals surface area contributed by atoms with Gasteiger partial charge in [-0.1, -0.05) is 31.0 Å². The summed E-state index contributed by atoms with van der Waals surface area (Å²) in [6.07, 6.45) is 6.52. The van der Waals surface area contributed by atoms with Gasteiger partial charge in [-0.05, 0) is 25.5 Å². The van der Waals surface area contributed by atoms with Crippen molar-refractivity contribution in [2.75, 3.05) is 13.2 Å². The number of ether oxygens (including phenoxy) is 1. The second-order valence-corrected chi connectivity index (χ2v) is 4.13. The largest absolute Gasteiger partial charge is 0.481 e. The van der Waals surface area contributed by atoms with Crippen molar-refractivity contribution in [3.8, 4) is 18.1 Å². The van der Waals surface area contributed by atoms with Gasteiger partial charge in [0.2, 0.25) is 0 Å². The molecule has 3 heteroatoms. The third-order valence-electron chi connectivity index (χ3n) is 2.72. The van der Waals surface area contributed by atoms with E-state index in [-0.39, 0.29) is 12.7 Å². The maximum Gasteiger partial charge on any atom is 0.148 e. The van der Waals surface area contributed by atoms with Crippen LogP contribution in [-0.2, 0) is 6.54 Å². The molecule has 2 N–H and O–H groups in total. The van der Waals surface area contributed by atoms with Crippen LogP contribution in [0.5, 0.6) is 5.75 Å². The van der Waals surface area contributed by atoms with Gasteiger partial charge in [-0.3, -0.25) is 0 Å². The Morgan fingerprint density at radius 2 is 2.22 bits per heavy atom.